The van der Waals surface area contributed by atoms with E-state index in [0.717, 1.165) is 5.56 Å². The summed E-state index contributed by atoms with van der Waals surface area (Å²) in [5.41, 5.74) is 6.67. The van der Waals surface area contributed by atoms with Gasteiger partial charge in [0.15, 0.2) is 0 Å². The second kappa shape index (κ2) is 4.28. The highest BCUT2D eigenvalue weighted by molar-refractivity contribution is 5.68. The molecule has 0 aliphatic carbocycles. The van der Waals surface area contributed by atoms with Crippen LogP contribution in [0.1, 0.15) is 30.6 Å². The van der Waals surface area contributed by atoms with Crippen LogP contribution in [0.5, 0.6) is 0 Å². The first kappa shape index (κ1) is 10.8. The lowest BCUT2D eigenvalue weighted by molar-refractivity contribution is -0.137. The van der Waals surface area contributed by atoms with E-state index >= 15 is 0 Å². The molecule has 0 saturated carbocycles. The fraction of sp³-hybridized carbons (Fsp3) is 0.500. The Morgan fingerprint density at radius 1 is 1.71 bits per heavy atom. The number of hydrogen-bond acceptors (Lipinski definition) is 3. The minimum Gasteiger partial charge on any atom is -0.481 e. The van der Waals surface area contributed by atoms with Crippen LogP contribution in [0.25, 0.3) is 0 Å². The Morgan fingerprint density at radius 3 is 2.71 bits per heavy atom. The predicted octanol–water partition coefficient (Wildman–Crippen LogP) is 1.49. The summed E-state index contributed by atoms with van der Waals surface area (Å²) in [6.07, 6.45) is 1.56. The van der Waals surface area contributed by atoms with E-state index in [9.17, 15) is 4.79 Å². The fourth-order valence-corrected chi connectivity index (χ4v) is 1.47. The van der Waals surface area contributed by atoms with Crippen LogP contribution in [-0.4, -0.2) is 17.1 Å². The molecule has 1 aromatic rings. The quantitative estimate of drug-likeness (QED) is 0.766. The Morgan fingerprint density at radius 2 is 2.36 bits per heavy atom. The Bertz CT molecular complexity index is 317. The number of carboxylic acids is 1. The second-order valence-electron chi connectivity index (χ2n) is 3.53. The first-order chi connectivity index (χ1) is 6.52. The molecule has 1 aromatic heterocycles. The lowest BCUT2D eigenvalue weighted by atomic mass is 9.93. The van der Waals surface area contributed by atoms with Crippen LogP contribution in [0.3, 0.4) is 0 Å². The first-order valence-electron chi connectivity index (χ1n) is 4.53. The van der Waals surface area contributed by atoms with E-state index in [1.54, 1.807) is 13.2 Å². The molecule has 3 N–H and O–H groups in total. The molecule has 0 amide bonds. The number of furan rings is 1. The van der Waals surface area contributed by atoms with Crippen LogP contribution in [-0.2, 0) is 4.79 Å². The Labute approximate surface area is 82.7 Å². The Kier molecular flexibility index (Phi) is 3.30. The van der Waals surface area contributed by atoms with E-state index in [2.05, 4.69) is 0 Å². The van der Waals surface area contributed by atoms with Crippen molar-refractivity contribution in [1.82, 2.24) is 0 Å². The number of hydrogen-bond donors (Lipinski definition) is 2. The largest absolute Gasteiger partial charge is 0.481 e. The highest BCUT2D eigenvalue weighted by Gasteiger charge is 2.23. The molecule has 0 saturated heterocycles. The predicted molar refractivity (Wildman–Crippen MR) is 52.1 cm³/mol. The fourth-order valence-electron chi connectivity index (χ4n) is 1.47. The molecule has 4 nitrogen and oxygen atoms in total. The third kappa shape index (κ3) is 2.35. The summed E-state index contributed by atoms with van der Waals surface area (Å²) in [5, 5.41) is 8.73. The summed E-state index contributed by atoms with van der Waals surface area (Å²) < 4.78 is 5.25. The highest BCUT2D eigenvalue weighted by Crippen LogP contribution is 2.26. The topological polar surface area (TPSA) is 76.5 Å². The van der Waals surface area contributed by atoms with Crippen molar-refractivity contribution in [3.63, 3.8) is 0 Å². The molecule has 1 rings (SSSR count). The molecule has 1 heterocycles. The van der Waals surface area contributed by atoms with E-state index in [1.165, 1.54) is 0 Å². The maximum absolute atomic E-state index is 10.6. The third-order valence-corrected chi connectivity index (χ3v) is 2.27. The van der Waals surface area contributed by atoms with Gasteiger partial charge in [0.25, 0.3) is 0 Å². The van der Waals surface area contributed by atoms with Crippen molar-refractivity contribution in [1.29, 1.82) is 0 Å². The van der Waals surface area contributed by atoms with Crippen molar-refractivity contribution in [3.8, 4) is 0 Å². The van der Waals surface area contributed by atoms with Crippen LogP contribution in [0, 0.1) is 6.92 Å². The summed E-state index contributed by atoms with van der Waals surface area (Å²) in [7, 11) is 0. The van der Waals surface area contributed by atoms with Crippen molar-refractivity contribution in [2.24, 2.45) is 5.73 Å². The molecule has 4 heteroatoms. The maximum Gasteiger partial charge on any atom is 0.304 e. The summed E-state index contributed by atoms with van der Waals surface area (Å²) >= 11 is 0. The van der Waals surface area contributed by atoms with Crippen molar-refractivity contribution in [2.75, 3.05) is 0 Å². The molecular weight excluding hydrogens is 182 g/mol. The molecule has 0 aromatic carbocycles. The number of rotatable bonds is 4. The molecule has 14 heavy (non-hydrogen) atoms. The highest BCUT2D eigenvalue weighted by atomic mass is 16.4. The zero-order valence-corrected chi connectivity index (χ0v) is 8.36. The molecule has 0 aliphatic rings. The van der Waals surface area contributed by atoms with Gasteiger partial charge in [-0.25, -0.2) is 0 Å². The molecule has 0 spiro atoms. The average molecular weight is 197 g/mol. The van der Waals surface area contributed by atoms with E-state index in [0.29, 0.717) is 5.76 Å². The number of aryl methyl sites for hydroxylation is 1. The molecule has 0 radical (unpaired) electrons. The minimum atomic E-state index is -0.858. The van der Waals surface area contributed by atoms with E-state index in [-0.39, 0.29) is 18.4 Å². The molecule has 0 fully saturated rings. The zero-order chi connectivity index (χ0) is 10.7. The van der Waals surface area contributed by atoms with Crippen molar-refractivity contribution in [2.45, 2.75) is 32.2 Å². The van der Waals surface area contributed by atoms with E-state index in [1.807, 2.05) is 13.0 Å². The molecule has 78 valence electrons. The minimum absolute atomic E-state index is 0.00597. The number of nitrogens with two attached hydrogens (primary N) is 1. The van der Waals surface area contributed by atoms with Crippen LogP contribution in [0.4, 0.5) is 0 Å². The molecule has 2 unspecified atom stereocenters. The summed E-state index contributed by atoms with van der Waals surface area (Å²) in [6.45, 7) is 3.67. The number of carbonyl (C=O) groups is 1. The van der Waals surface area contributed by atoms with E-state index in [4.69, 9.17) is 15.3 Å². The van der Waals surface area contributed by atoms with Gasteiger partial charge < -0.3 is 15.3 Å². The SMILES string of the molecule is Cc1ccoc1C(CC(=O)O)C(C)N. The van der Waals surface area contributed by atoms with Crippen LogP contribution < -0.4 is 5.73 Å². The van der Waals surface area contributed by atoms with Crippen LogP contribution in [0.15, 0.2) is 16.7 Å². The molecule has 0 aliphatic heterocycles. The van der Waals surface area contributed by atoms with Gasteiger partial charge >= 0.3 is 5.97 Å². The summed E-state index contributed by atoms with van der Waals surface area (Å²) in [5.74, 6) is -0.423. The van der Waals surface area contributed by atoms with Gasteiger partial charge in [0.1, 0.15) is 5.76 Å². The van der Waals surface area contributed by atoms with Gasteiger partial charge in [0.2, 0.25) is 0 Å². The molecule has 0 bridgehead atoms. The smallest absolute Gasteiger partial charge is 0.304 e. The number of carboxylic acid groups (broad SMARTS) is 1. The van der Waals surface area contributed by atoms with Crippen molar-refractivity contribution in [3.05, 3.63) is 23.7 Å². The van der Waals surface area contributed by atoms with Gasteiger partial charge in [0.05, 0.1) is 12.7 Å². The molecule has 2 atom stereocenters. The lowest BCUT2D eigenvalue weighted by Crippen LogP contribution is -2.27. The standard InChI is InChI=1S/C10H15NO3/c1-6-3-4-14-10(6)8(7(2)11)5-9(12)13/h3-4,7-8H,5,11H2,1-2H3,(H,12,13). The van der Waals surface area contributed by atoms with Gasteiger partial charge in [0, 0.05) is 12.0 Å². The monoisotopic (exact) mass is 197 g/mol. The summed E-state index contributed by atoms with van der Waals surface area (Å²) in [6, 6.07) is 1.59. The normalized spacial score (nSPS) is 15.1. The van der Waals surface area contributed by atoms with Crippen LogP contribution >= 0.6 is 0 Å². The van der Waals surface area contributed by atoms with Crippen LogP contribution in [0.2, 0.25) is 0 Å². The van der Waals surface area contributed by atoms with Gasteiger partial charge in [-0.1, -0.05) is 0 Å². The Balaban J connectivity index is 2.88. The zero-order valence-electron chi connectivity index (χ0n) is 8.36. The van der Waals surface area contributed by atoms with Gasteiger partial charge in [-0.2, -0.15) is 0 Å². The molecular formula is C10H15NO3. The number of aliphatic carboxylic acids is 1. The Hall–Kier alpha value is -1.29. The second-order valence-corrected chi connectivity index (χ2v) is 3.53. The average Bonchev–Trinajstić information content (AvgIpc) is 2.46. The van der Waals surface area contributed by atoms with Gasteiger partial charge in [-0.3, -0.25) is 4.79 Å². The third-order valence-electron chi connectivity index (χ3n) is 2.27. The van der Waals surface area contributed by atoms with Gasteiger partial charge in [-0.05, 0) is 25.5 Å². The van der Waals surface area contributed by atoms with Gasteiger partial charge in [-0.15, -0.1) is 0 Å². The first-order valence-corrected chi connectivity index (χ1v) is 4.53. The van der Waals surface area contributed by atoms with Crippen molar-refractivity contribution >= 4 is 5.97 Å². The lowest BCUT2D eigenvalue weighted by Gasteiger charge is -2.17. The van der Waals surface area contributed by atoms with Crippen molar-refractivity contribution < 1.29 is 14.3 Å². The maximum atomic E-state index is 10.6. The summed E-state index contributed by atoms with van der Waals surface area (Å²) in [4.78, 5) is 10.6. The van der Waals surface area contributed by atoms with E-state index < -0.39 is 5.97 Å².